The van der Waals surface area contributed by atoms with Crippen molar-refractivity contribution in [1.82, 2.24) is 10.2 Å². The van der Waals surface area contributed by atoms with Gasteiger partial charge in [-0.25, -0.2) is 0 Å². The second-order valence-corrected chi connectivity index (χ2v) is 4.98. The van der Waals surface area contributed by atoms with E-state index in [-0.39, 0.29) is 5.91 Å². The average molecular weight is 277 g/mol. The Hall–Kier alpha value is -1.95. The van der Waals surface area contributed by atoms with Crippen LogP contribution in [0.25, 0.3) is 0 Å². The fourth-order valence-electron chi connectivity index (χ4n) is 1.41. The highest BCUT2D eigenvalue weighted by atomic mass is 32.1. The number of aromatic nitrogens is 2. The number of benzene rings is 1. The maximum Gasteiger partial charge on any atom is 0.266 e. The van der Waals surface area contributed by atoms with Crippen LogP contribution in [0.1, 0.15) is 18.9 Å². The SMILES string of the molecule is CCc1nnc(NC(=O)[C@@H](C)Oc2ccccc2)s1. The standard InChI is InChI=1S/C13H15N3O2S/c1-3-11-15-16-13(19-11)14-12(17)9(2)18-10-7-5-4-6-8-10/h4-9H,3H2,1-2H3,(H,14,16,17)/t9-/m1/s1. The lowest BCUT2D eigenvalue weighted by Gasteiger charge is -2.13. The molecule has 6 heteroatoms. The largest absolute Gasteiger partial charge is 0.481 e. The van der Waals surface area contributed by atoms with Gasteiger partial charge in [-0.3, -0.25) is 10.1 Å². The first kappa shape index (κ1) is 13.5. The molecular formula is C13H15N3O2S. The molecule has 0 unspecified atom stereocenters. The highest BCUT2D eigenvalue weighted by Crippen LogP contribution is 2.16. The summed E-state index contributed by atoms with van der Waals surface area (Å²) in [5.41, 5.74) is 0. The van der Waals surface area contributed by atoms with Crippen LogP contribution in [0.5, 0.6) is 5.75 Å². The minimum atomic E-state index is -0.587. The molecule has 2 rings (SSSR count). The van der Waals surface area contributed by atoms with Crippen molar-refractivity contribution < 1.29 is 9.53 Å². The number of anilines is 1. The molecule has 0 saturated heterocycles. The highest BCUT2D eigenvalue weighted by Gasteiger charge is 2.16. The van der Waals surface area contributed by atoms with Crippen molar-refractivity contribution in [1.29, 1.82) is 0 Å². The number of amides is 1. The monoisotopic (exact) mass is 277 g/mol. The summed E-state index contributed by atoms with van der Waals surface area (Å²) in [6, 6.07) is 9.23. The first-order valence-electron chi connectivity index (χ1n) is 6.04. The minimum absolute atomic E-state index is 0.234. The summed E-state index contributed by atoms with van der Waals surface area (Å²) in [5.74, 6) is 0.430. The van der Waals surface area contributed by atoms with Crippen LogP contribution in [0.2, 0.25) is 0 Å². The number of carbonyl (C=O) groups excluding carboxylic acids is 1. The minimum Gasteiger partial charge on any atom is -0.481 e. The maximum absolute atomic E-state index is 11.9. The summed E-state index contributed by atoms with van der Waals surface area (Å²) >= 11 is 1.38. The summed E-state index contributed by atoms with van der Waals surface area (Å²) < 4.78 is 5.53. The van der Waals surface area contributed by atoms with Crippen LogP contribution in [0.3, 0.4) is 0 Å². The number of hydrogen-bond donors (Lipinski definition) is 1. The topological polar surface area (TPSA) is 64.1 Å². The van der Waals surface area contributed by atoms with Crippen LogP contribution in [0.4, 0.5) is 5.13 Å². The summed E-state index contributed by atoms with van der Waals surface area (Å²) in [5, 5.41) is 11.9. The van der Waals surface area contributed by atoms with E-state index in [4.69, 9.17) is 4.74 Å². The molecule has 1 aromatic carbocycles. The number of aryl methyl sites for hydroxylation is 1. The Kier molecular flexibility index (Phi) is 4.46. The van der Waals surface area contributed by atoms with E-state index in [2.05, 4.69) is 15.5 Å². The van der Waals surface area contributed by atoms with Gasteiger partial charge in [0.15, 0.2) is 6.10 Å². The van der Waals surface area contributed by atoms with Crippen molar-refractivity contribution in [3.05, 3.63) is 35.3 Å². The molecule has 0 aliphatic rings. The van der Waals surface area contributed by atoms with Gasteiger partial charge in [-0.15, -0.1) is 10.2 Å². The van der Waals surface area contributed by atoms with E-state index in [1.54, 1.807) is 6.92 Å². The van der Waals surface area contributed by atoms with E-state index in [1.165, 1.54) is 11.3 Å². The van der Waals surface area contributed by atoms with E-state index >= 15 is 0 Å². The highest BCUT2D eigenvalue weighted by molar-refractivity contribution is 7.15. The first-order valence-corrected chi connectivity index (χ1v) is 6.85. The Balaban J connectivity index is 1.92. The molecule has 0 fully saturated rings. The van der Waals surface area contributed by atoms with Gasteiger partial charge in [-0.05, 0) is 25.5 Å². The molecule has 1 aromatic heterocycles. The number of hydrogen-bond acceptors (Lipinski definition) is 5. The molecule has 0 radical (unpaired) electrons. The van der Waals surface area contributed by atoms with Crippen LogP contribution < -0.4 is 10.1 Å². The van der Waals surface area contributed by atoms with Gasteiger partial charge in [0.1, 0.15) is 10.8 Å². The number of para-hydroxylation sites is 1. The van der Waals surface area contributed by atoms with Gasteiger partial charge in [0.25, 0.3) is 5.91 Å². The molecule has 0 aliphatic heterocycles. The number of nitrogens with one attached hydrogen (secondary N) is 1. The third-order valence-corrected chi connectivity index (χ3v) is 3.41. The molecule has 100 valence electrons. The predicted octanol–water partition coefficient (Wildman–Crippen LogP) is 2.51. The Morgan fingerprint density at radius 3 is 2.74 bits per heavy atom. The van der Waals surface area contributed by atoms with E-state index < -0.39 is 6.10 Å². The van der Waals surface area contributed by atoms with Gasteiger partial charge in [0, 0.05) is 0 Å². The summed E-state index contributed by atoms with van der Waals surface area (Å²) in [6.45, 7) is 3.69. The van der Waals surface area contributed by atoms with Crippen molar-refractivity contribution in [2.45, 2.75) is 26.4 Å². The molecule has 19 heavy (non-hydrogen) atoms. The van der Waals surface area contributed by atoms with Crippen LogP contribution in [0, 0.1) is 0 Å². The first-order chi connectivity index (χ1) is 9.19. The van der Waals surface area contributed by atoms with Gasteiger partial charge in [-0.2, -0.15) is 0 Å². The Bertz CT molecular complexity index is 542. The van der Waals surface area contributed by atoms with Crippen LogP contribution in [-0.4, -0.2) is 22.2 Å². The lowest BCUT2D eigenvalue weighted by atomic mass is 10.3. The molecule has 2 aromatic rings. The molecule has 1 amide bonds. The zero-order chi connectivity index (χ0) is 13.7. The maximum atomic E-state index is 11.9. The van der Waals surface area contributed by atoms with Gasteiger partial charge in [0.05, 0.1) is 0 Å². The average Bonchev–Trinajstić information content (AvgIpc) is 2.87. The van der Waals surface area contributed by atoms with E-state index in [1.807, 2.05) is 37.3 Å². The Morgan fingerprint density at radius 1 is 1.37 bits per heavy atom. The smallest absolute Gasteiger partial charge is 0.266 e. The lowest BCUT2D eigenvalue weighted by molar-refractivity contribution is -0.122. The molecular weight excluding hydrogens is 262 g/mol. The van der Waals surface area contributed by atoms with Crippen molar-refractivity contribution in [2.24, 2.45) is 0 Å². The fraction of sp³-hybridized carbons (Fsp3) is 0.308. The second kappa shape index (κ2) is 6.29. The molecule has 0 spiro atoms. The summed E-state index contributed by atoms with van der Waals surface area (Å²) in [4.78, 5) is 11.9. The predicted molar refractivity (Wildman–Crippen MR) is 74.4 cm³/mol. The Labute approximate surface area is 115 Å². The number of carbonyl (C=O) groups is 1. The van der Waals surface area contributed by atoms with Gasteiger partial charge < -0.3 is 4.74 Å². The summed E-state index contributed by atoms with van der Waals surface area (Å²) in [7, 11) is 0. The molecule has 0 aliphatic carbocycles. The zero-order valence-corrected chi connectivity index (χ0v) is 11.6. The Morgan fingerprint density at radius 2 is 2.11 bits per heavy atom. The number of ether oxygens (including phenoxy) is 1. The van der Waals surface area contributed by atoms with Gasteiger partial charge in [0.2, 0.25) is 5.13 Å². The van der Waals surface area contributed by atoms with Gasteiger partial charge in [-0.1, -0.05) is 36.5 Å². The van der Waals surface area contributed by atoms with Crippen molar-refractivity contribution in [3.63, 3.8) is 0 Å². The normalized spacial score (nSPS) is 11.9. The molecule has 1 heterocycles. The van der Waals surface area contributed by atoms with Crippen LogP contribution in [0.15, 0.2) is 30.3 Å². The molecule has 0 saturated carbocycles. The third kappa shape index (κ3) is 3.75. The van der Waals surface area contributed by atoms with E-state index in [9.17, 15) is 4.79 Å². The van der Waals surface area contributed by atoms with Crippen LogP contribution in [-0.2, 0) is 11.2 Å². The van der Waals surface area contributed by atoms with Crippen molar-refractivity contribution in [2.75, 3.05) is 5.32 Å². The third-order valence-electron chi connectivity index (χ3n) is 2.42. The summed E-state index contributed by atoms with van der Waals surface area (Å²) in [6.07, 6.45) is 0.222. The lowest BCUT2D eigenvalue weighted by Crippen LogP contribution is -2.30. The number of nitrogens with zero attached hydrogens (tertiary/aromatic N) is 2. The molecule has 5 nitrogen and oxygen atoms in total. The van der Waals surface area contributed by atoms with Gasteiger partial charge >= 0.3 is 0 Å². The van der Waals surface area contributed by atoms with Crippen molar-refractivity contribution >= 4 is 22.4 Å². The van der Waals surface area contributed by atoms with E-state index in [0.29, 0.717) is 10.9 Å². The second-order valence-electron chi connectivity index (χ2n) is 3.92. The van der Waals surface area contributed by atoms with Crippen molar-refractivity contribution in [3.8, 4) is 5.75 Å². The molecule has 0 bridgehead atoms. The molecule has 1 atom stereocenters. The molecule has 1 N–H and O–H groups in total. The number of rotatable bonds is 5. The fourth-order valence-corrected chi connectivity index (χ4v) is 2.09. The quantitative estimate of drug-likeness (QED) is 0.912. The van der Waals surface area contributed by atoms with E-state index in [0.717, 1.165) is 11.4 Å². The zero-order valence-electron chi connectivity index (χ0n) is 10.8. The van der Waals surface area contributed by atoms with Crippen LogP contribution >= 0.6 is 11.3 Å².